The molecule has 0 unspecified atom stereocenters. The Balaban J connectivity index is 1.75. The molecule has 0 aliphatic carbocycles. The van der Waals surface area contributed by atoms with Crippen LogP contribution in [-0.4, -0.2) is 39.9 Å². The van der Waals surface area contributed by atoms with Crippen molar-refractivity contribution in [1.82, 2.24) is 14.9 Å². The van der Waals surface area contributed by atoms with Gasteiger partial charge in [0.25, 0.3) is 5.91 Å². The van der Waals surface area contributed by atoms with Crippen LogP contribution in [0.15, 0.2) is 36.7 Å². The summed E-state index contributed by atoms with van der Waals surface area (Å²) in [6, 6.07) is 2.21. The van der Waals surface area contributed by atoms with Crippen LogP contribution >= 0.6 is 0 Å². The van der Waals surface area contributed by atoms with Crippen molar-refractivity contribution >= 4 is 11.9 Å². The predicted molar refractivity (Wildman–Crippen MR) is 81.8 cm³/mol. The van der Waals surface area contributed by atoms with Crippen LogP contribution in [0.4, 0.5) is 32.3 Å². The van der Waals surface area contributed by atoms with Crippen molar-refractivity contribution in [2.24, 2.45) is 0 Å². The minimum atomic E-state index is -5.00. The molecule has 3 rings (SSSR count). The molecule has 0 spiro atoms. The van der Waals surface area contributed by atoms with Crippen molar-refractivity contribution in [3.05, 3.63) is 53.3 Å². The summed E-state index contributed by atoms with van der Waals surface area (Å²) in [7, 11) is 0. The lowest BCUT2D eigenvalue weighted by Crippen LogP contribution is -2.57. The maximum absolute atomic E-state index is 12.9. The molecule has 144 valence electrons. The number of carbonyl (C=O) groups is 1. The molecule has 1 aliphatic rings. The number of carbonyl (C=O) groups excluding carboxylic acids is 1. The van der Waals surface area contributed by atoms with Gasteiger partial charge < -0.3 is 10.2 Å². The number of nitrogens with one attached hydrogen (secondary N) is 1. The second-order valence-corrected chi connectivity index (χ2v) is 5.92. The lowest BCUT2D eigenvalue weighted by atomic mass is 10.0. The van der Waals surface area contributed by atoms with E-state index in [2.05, 4.69) is 15.3 Å². The van der Waals surface area contributed by atoms with Gasteiger partial charge in [-0.15, -0.1) is 0 Å². The molecular formula is C16H12F6N4O. The van der Waals surface area contributed by atoms with E-state index in [1.165, 1.54) is 12.4 Å². The summed E-state index contributed by atoms with van der Waals surface area (Å²) in [6.07, 6.45) is -7.00. The number of hydrogen-bond donors (Lipinski definition) is 1. The third kappa shape index (κ3) is 4.29. The predicted octanol–water partition coefficient (Wildman–Crippen LogP) is 3.45. The Labute approximate surface area is 149 Å². The fourth-order valence-electron chi connectivity index (χ4n) is 2.55. The SMILES string of the molecule is O=C(c1cc(C(F)(F)F)cc(C(F)(F)F)c1)N1CC(Nc2ncccn2)C1. The Morgan fingerprint density at radius 2 is 1.48 bits per heavy atom. The molecule has 2 aromatic rings. The molecule has 1 N–H and O–H groups in total. The Bertz CT molecular complexity index is 799. The summed E-state index contributed by atoms with van der Waals surface area (Å²) in [4.78, 5) is 21.3. The molecular weight excluding hydrogens is 378 g/mol. The standard InChI is InChI=1S/C16H12F6N4O/c17-15(18,19)10-4-9(5-11(6-10)16(20,21)22)13(27)26-7-12(8-26)25-14-23-2-1-3-24-14/h1-6,12H,7-8H2,(H,23,24,25). The molecule has 1 aromatic heterocycles. The lowest BCUT2D eigenvalue weighted by Gasteiger charge is -2.39. The number of benzene rings is 1. The van der Waals surface area contributed by atoms with E-state index in [4.69, 9.17) is 0 Å². The van der Waals surface area contributed by atoms with Crippen molar-refractivity contribution in [1.29, 1.82) is 0 Å². The van der Waals surface area contributed by atoms with Crippen molar-refractivity contribution in [2.45, 2.75) is 18.4 Å². The molecule has 1 fully saturated rings. The first-order chi connectivity index (χ1) is 12.5. The minimum Gasteiger partial charge on any atom is -0.348 e. The summed E-state index contributed by atoms with van der Waals surface area (Å²) in [5, 5.41) is 2.91. The maximum Gasteiger partial charge on any atom is 0.416 e. The highest BCUT2D eigenvalue weighted by molar-refractivity contribution is 5.95. The fraction of sp³-hybridized carbons (Fsp3) is 0.312. The average molecular weight is 390 g/mol. The topological polar surface area (TPSA) is 58.1 Å². The van der Waals surface area contributed by atoms with Gasteiger partial charge in [-0.25, -0.2) is 9.97 Å². The van der Waals surface area contributed by atoms with Gasteiger partial charge in [0.15, 0.2) is 0 Å². The largest absolute Gasteiger partial charge is 0.416 e. The number of hydrogen-bond acceptors (Lipinski definition) is 4. The Morgan fingerprint density at radius 3 is 1.96 bits per heavy atom. The van der Waals surface area contributed by atoms with Crippen LogP contribution in [0, 0.1) is 0 Å². The lowest BCUT2D eigenvalue weighted by molar-refractivity contribution is -0.143. The number of amides is 1. The minimum absolute atomic E-state index is 0.00993. The van der Waals surface area contributed by atoms with Crippen molar-refractivity contribution in [2.75, 3.05) is 18.4 Å². The Hall–Kier alpha value is -2.85. The van der Waals surface area contributed by atoms with Gasteiger partial charge in [-0.3, -0.25) is 4.79 Å². The summed E-state index contributed by atoms with van der Waals surface area (Å²) in [6.45, 7) is 0.212. The van der Waals surface area contributed by atoms with E-state index in [0.717, 1.165) is 4.90 Å². The van der Waals surface area contributed by atoms with Crippen molar-refractivity contribution in [3.8, 4) is 0 Å². The quantitative estimate of drug-likeness (QED) is 0.816. The average Bonchev–Trinajstić information content (AvgIpc) is 2.56. The number of likely N-dealkylation sites (tertiary alicyclic amines) is 1. The third-order valence-corrected chi connectivity index (χ3v) is 3.90. The number of nitrogens with zero attached hydrogens (tertiary/aromatic N) is 3. The summed E-state index contributed by atoms with van der Waals surface area (Å²) >= 11 is 0. The first-order valence-electron chi connectivity index (χ1n) is 7.66. The highest BCUT2D eigenvalue weighted by Gasteiger charge is 2.39. The molecule has 0 radical (unpaired) electrons. The summed E-state index contributed by atoms with van der Waals surface area (Å²) in [5.41, 5.74) is -3.70. The maximum atomic E-state index is 12.9. The van der Waals surface area contributed by atoms with Gasteiger partial charge in [0.1, 0.15) is 0 Å². The molecule has 5 nitrogen and oxygen atoms in total. The van der Waals surface area contributed by atoms with E-state index in [1.54, 1.807) is 6.07 Å². The molecule has 0 saturated carbocycles. The summed E-state index contributed by atoms with van der Waals surface area (Å²) < 4.78 is 77.3. The van der Waals surface area contributed by atoms with Gasteiger partial charge in [0.05, 0.1) is 17.2 Å². The van der Waals surface area contributed by atoms with Crippen molar-refractivity contribution in [3.63, 3.8) is 0 Å². The Kier molecular flexibility index (Phi) is 4.70. The Morgan fingerprint density at radius 1 is 0.963 bits per heavy atom. The molecule has 27 heavy (non-hydrogen) atoms. The number of halogens is 6. The number of rotatable bonds is 3. The highest BCUT2D eigenvalue weighted by Crippen LogP contribution is 2.36. The first kappa shape index (κ1) is 18.9. The van der Waals surface area contributed by atoms with Crippen LogP contribution in [-0.2, 0) is 12.4 Å². The molecule has 1 aromatic carbocycles. The van der Waals surface area contributed by atoms with E-state index < -0.39 is 35.0 Å². The number of anilines is 1. The van der Waals surface area contributed by atoms with Gasteiger partial charge in [0.2, 0.25) is 5.95 Å². The smallest absolute Gasteiger partial charge is 0.348 e. The van der Waals surface area contributed by atoms with E-state index in [0.29, 0.717) is 18.1 Å². The molecule has 1 amide bonds. The molecule has 0 bridgehead atoms. The van der Waals surface area contributed by atoms with Gasteiger partial charge >= 0.3 is 12.4 Å². The first-order valence-corrected chi connectivity index (χ1v) is 7.66. The zero-order chi connectivity index (χ0) is 19.8. The van der Waals surface area contributed by atoms with E-state index >= 15 is 0 Å². The second-order valence-electron chi connectivity index (χ2n) is 5.92. The van der Waals surface area contributed by atoms with Gasteiger partial charge in [-0.1, -0.05) is 0 Å². The van der Waals surface area contributed by atoms with E-state index in [1.807, 2.05) is 0 Å². The van der Waals surface area contributed by atoms with Crippen LogP contribution in [0.5, 0.6) is 0 Å². The monoisotopic (exact) mass is 390 g/mol. The van der Waals surface area contributed by atoms with Gasteiger partial charge in [-0.05, 0) is 24.3 Å². The van der Waals surface area contributed by atoms with Gasteiger partial charge in [-0.2, -0.15) is 26.3 Å². The van der Waals surface area contributed by atoms with Crippen LogP contribution < -0.4 is 5.32 Å². The van der Waals surface area contributed by atoms with Crippen LogP contribution in [0.25, 0.3) is 0 Å². The summed E-state index contributed by atoms with van der Waals surface area (Å²) in [5.74, 6) is -0.591. The third-order valence-electron chi connectivity index (χ3n) is 3.90. The molecule has 0 atom stereocenters. The zero-order valence-electron chi connectivity index (χ0n) is 13.5. The van der Waals surface area contributed by atoms with E-state index in [-0.39, 0.29) is 25.2 Å². The normalized spacial score (nSPS) is 15.4. The van der Waals surface area contributed by atoms with Crippen molar-refractivity contribution < 1.29 is 31.1 Å². The van der Waals surface area contributed by atoms with Gasteiger partial charge in [0, 0.05) is 31.0 Å². The zero-order valence-corrected chi connectivity index (χ0v) is 13.5. The van der Waals surface area contributed by atoms with Crippen LogP contribution in [0.2, 0.25) is 0 Å². The van der Waals surface area contributed by atoms with Crippen LogP contribution in [0.1, 0.15) is 21.5 Å². The number of alkyl halides is 6. The second kappa shape index (κ2) is 6.71. The van der Waals surface area contributed by atoms with Crippen LogP contribution in [0.3, 0.4) is 0 Å². The fourth-order valence-corrected chi connectivity index (χ4v) is 2.55. The van der Waals surface area contributed by atoms with E-state index in [9.17, 15) is 31.1 Å². The molecule has 2 heterocycles. The number of aromatic nitrogens is 2. The molecule has 1 aliphatic heterocycles. The molecule has 11 heteroatoms. The molecule has 1 saturated heterocycles. The highest BCUT2D eigenvalue weighted by atomic mass is 19.4.